The van der Waals surface area contributed by atoms with Crippen LogP contribution in [0.5, 0.6) is 0 Å². The molecule has 0 aromatic heterocycles. The van der Waals surface area contributed by atoms with Crippen molar-refractivity contribution in [2.75, 3.05) is 0 Å². The first-order chi connectivity index (χ1) is 6.09. The minimum absolute atomic E-state index is 0.0184. The Bertz CT molecular complexity index is 426. The van der Waals surface area contributed by atoms with Gasteiger partial charge in [-0.05, 0) is 17.7 Å². The molecule has 0 unspecified atom stereocenters. The normalized spacial score (nSPS) is 14.9. The number of hydrogen-bond acceptors (Lipinski definition) is 2. The fourth-order valence-corrected chi connectivity index (χ4v) is 1.89. The predicted octanol–water partition coefficient (Wildman–Crippen LogP) is 1.90. The molecular weight excluding hydrogens is 239 g/mol. The molecule has 0 radical (unpaired) electrons. The van der Waals surface area contributed by atoms with Gasteiger partial charge in [0.15, 0.2) is 0 Å². The monoisotopic (exact) mass is 242 g/mol. The Labute approximate surface area is 81.9 Å². The summed E-state index contributed by atoms with van der Waals surface area (Å²) in [6.07, 6.45) is 0.0184. The smallest absolute Gasteiger partial charge is 0.232 e. The molecule has 0 atom stereocenters. The largest absolute Gasteiger partial charge is 0.290 e. The van der Waals surface area contributed by atoms with Gasteiger partial charge in [0.1, 0.15) is 5.82 Å². The van der Waals surface area contributed by atoms with Crippen LogP contribution in [0.2, 0.25) is 0 Å². The summed E-state index contributed by atoms with van der Waals surface area (Å²) in [5.74, 6) is -1.87. The molecule has 2 nitrogen and oxygen atoms in total. The van der Waals surface area contributed by atoms with Crippen molar-refractivity contribution < 1.29 is 14.0 Å². The molecule has 1 aromatic carbocycles. The molecule has 0 bridgehead atoms. The second-order valence-corrected chi connectivity index (χ2v) is 3.77. The maximum absolute atomic E-state index is 13.2. The average molecular weight is 243 g/mol. The SMILES string of the molecule is O=C1Cc2cc(Br)cc(F)c2C1=O. The number of ketones is 2. The molecule has 0 aliphatic heterocycles. The van der Waals surface area contributed by atoms with Crippen LogP contribution in [-0.4, -0.2) is 11.6 Å². The van der Waals surface area contributed by atoms with Crippen molar-refractivity contribution in [1.82, 2.24) is 0 Å². The maximum atomic E-state index is 13.2. The van der Waals surface area contributed by atoms with E-state index >= 15 is 0 Å². The van der Waals surface area contributed by atoms with Crippen LogP contribution in [0.25, 0.3) is 0 Å². The summed E-state index contributed by atoms with van der Waals surface area (Å²) < 4.78 is 13.7. The Balaban J connectivity index is 2.71. The van der Waals surface area contributed by atoms with Crippen LogP contribution in [0.3, 0.4) is 0 Å². The van der Waals surface area contributed by atoms with Gasteiger partial charge in [0.2, 0.25) is 11.6 Å². The van der Waals surface area contributed by atoms with E-state index in [0.717, 1.165) is 0 Å². The number of benzene rings is 1. The second-order valence-electron chi connectivity index (χ2n) is 2.85. The first-order valence-electron chi connectivity index (χ1n) is 3.65. The van der Waals surface area contributed by atoms with Gasteiger partial charge in [-0.3, -0.25) is 9.59 Å². The number of halogens is 2. The van der Waals surface area contributed by atoms with Gasteiger partial charge in [-0.25, -0.2) is 4.39 Å². The fraction of sp³-hybridized carbons (Fsp3) is 0.111. The molecule has 2 rings (SSSR count). The third-order valence-corrected chi connectivity index (χ3v) is 2.43. The van der Waals surface area contributed by atoms with Crippen LogP contribution in [0.1, 0.15) is 15.9 Å². The quantitative estimate of drug-likeness (QED) is 0.652. The molecule has 66 valence electrons. The number of fused-ring (bicyclic) bond motifs is 1. The Morgan fingerprint density at radius 3 is 2.69 bits per heavy atom. The Hall–Kier alpha value is -1.03. The first-order valence-corrected chi connectivity index (χ1v) is 4.44. The average Bonchev–Trinajstić information content (AvgIpc) is 2.27. The van der Waals surface area contributed by atoms with Crippen LogP contribution in [0, 0.1) is 5.82 Å². The maximum Gasteiger partial charge on any atom is 0.232 e. The van der Waals surface area contributed by atoms with E-state index in [1.807, 2.05) is 0 Å². The fourth-order valence-electron chi connectivity index (χ4n) is 1.41. The predicted molar refractivity (Wildman–Crippen MR) is 47.1 cm³/mol. The molecule has 0 saturated heterocycles. The van der Waals surface area contributed by atoms with Crippen LogP contribution >= 0.6 is 15.9 Å². The van der Waals surface area contributed by atoms with Crippen LogP contribution in [-0.2, 0) is 11.2 Å². The molecule has 1 aliphatic carbocycles. The Morgan fingerprint density at radius 1 is 1.31 bits per heavy atom. The summed E-state index contributed by atoms with van der Waals surface area (Å²) >= 11 is 3.09. The van der Waals surface area contributed by atoms with E-state index in [4.69, 9.17) is 0 Å². The molecule has 0 N–H and O–H groups in total. The molecular formula is C9H4BrFO2. The number of carbonyl (C=O) groups excluding carboxylic acids is 2. The van der Waals surface area contributed by atoms with Crippen molar-refractivity contribution in [3.63, 3.8) is 0 Å². The van der Waals surface area contributed by atoms with Crippen molar-refractivity contribution >= 4 is 27.5 Å². The zero-order chi connectivity index (χ0) is 9.59. The van der Waals surface area contributed by atoms with Gasteiger partial charge in [0.25, 0.3) is 0 Å². The standard InChI is InChI=1S/C9H4BrFO2/c10-5-1-4-2-7(12)9(13)8(4)6(11)3-5/h1,3H,2H2. The van der Waals surface area contributed by atoms with Gasteiger partial charge in [-0.2, -0.15) is 0 Å². The minimum atomic E-state index is -0.708. The van der Waals surface area contributed by atoms with E-state index in [9.17, 15) is 14.0 Å². The zero-order valence-electron chi connectivity index (χ0n) is 6.43. The molecule has 0 saturated carbocycles. The van der Waals surface area contributed by atoms with E-state index in [-0.39, 0.29) is 12.0 Å². The second kappa shape index (κ2) is 2.73. The summed E-state index contributed by atoms with van der Waals surface area (Å²) in [6, 6.07) is 2.79. The highest BCUT2D eigenvalue weighted by molar-refractivity contribution is 9.10. The summed E-state index contributed by atoms with van der Waals surface area (Å²) in [6.45, 7) is 0. The summed E-state index contributed by atoms with van der Waals surface area (Å²) in [5, 5.41) is 0. The van der Waals surface area contributed by atoms with Gasteiger partial charge < -0.3 is 0 Å². The van der Waals surface area contributed by atoms with Gasteiger partial charge in [-0.1, -0.05) is 15.9 Å². The van der Waals surface area contributed by atoms with Crippen molar-refractivity contribution in [2.45, 2.75) is 6.42 Å². The van der Waals surface area contributed by atoms with Crippen molar-refractivity contribution in [3.05, 3.63) is 33.5 Å². The molecule has 13 heavy (non-hydrogen) atoms. The molecule has 4 heteroatoms. The Kier molecular flexibility index (Phi) is 1.80. The summed E-state index contributed by atoms with van der Waals surface area (Å²) in [5.41, 5.74) is 0.412. The number of rotatable bonds is 0. The topological polar surface area (TPSA) is 34.1 Å². The molecule has 1 aromatic rings. The van der Waals surface area contributed by atoms with E-state index in [2.05, 4.69) is 15.9 Å². The Morgan fingerprint density at radius 2 is 2.00 bits per heavy atom. The third-order valence-electron chi connectivity index (χ3n) is 1.97. The van der Waals surface area contributed by atoms with Crippen LogP contribution in [0.15, 0.2) is 16.6 Å². The van der Waals surface area contributed by atoms with E-state index in [0.29, 0.717) is 10.0 Å². The lowest BCUT2D eigenvalue weighted by molar-refractivity contribution is -0.114. The zero-order valence-corrected chi connectivity index (χ0v) is 8.02. The van der Waals surface area contributed by atoms with E-state index < -0.39 is 17.4 Å². The lowest BCUT2D eigenvalue weighted by atomic mass is 10.1. The van der Waals surface area contributed by atoms with Crippen LogP contribution < -0.4 is 0 Å². The van der Waals surface area contributed by atoms with Gasteiger partial charge in [0.05, 0.1) is 5.56 Å². The number of hydrogen-bond donors (Lipinski definition) is 0. The third kappa shape index (κ3) is 1.21. The highest BCUT2D eigenvalue weighted by Crippen LogP contribution is 2.26. The molecule has 1 aliphatic rings. The van der Waals surface area contributed by atoms with Crippen molar-refractivity contribution in [1.29, 1.82) is 0 Å². The molecule has 0 amide bonds. The summed E-state index contributed by atoms with van der Waals surface area (Å²) in [4.78, 5) is 22.1. The highest BCUT2D eigenvalue weighted by Gasteiger charge is 2.31. The lowest BCUT2D eigenvalue weighted by Crippen LogP contribution is -2.07. The molecule has 0 heterocycles. The number of carbonyl (C=O) groups is 2. The lowest BCUT2D eigenvalue weighted by Gasteiger charge is -1.98. The van der Waals surface area contributed by atoms with Crippen LogP contribution in [0.4, 0.5) is 4.39 Å². The van der Waals surface area contributed by atoms with Gasteiger partial charge in [0, 0.05) is 10.9 Å². The molecule has 0 spiro atoms. The van der Waals surface area contributed by atoms with E-state index in [1.54, 1.807) is 6.07 Å². The van der Waals surface area contributed by atoms with E-state index in [1.165, 1.54) is 6.07 Å². The van der Waals surface area contributed by atoms with Gasteiger partial charge >= 0.3 is 0 Å². The number of Topliss-reactive ketones (excluding diaryl/α,β-unsaturated/α-hetero) is 2. The van der Waals surface area contributed by atoms with Gasteiger partial charge in [-0.15, -0.1) is 0 Å². The first kappa shape index (κ1) is 8.56. The van der Waals surface area contributed by atoms with Crippen molar-refractivity contribution in [2.24, 2.45) is 0 Å². The molecule has 0 fully saturated rings. The highest BCUT2D eigenvalue weighted by atomic mass is 79.9. The summed E-state index contributed by atoms with van der Waals surface area (Å²) in [7, 11) is 0. The minimum Gasteiger partial charge on any atom is -0.290 e. The van der Waals surface area contributed by atoms with Crippen molar-refractivity contribution in [3.8, 4) is 0 Å².